The summed E-state index contributed by atoms with van der Waals surface area (Å²) in [5.74, 6) is 1.71. The Morgan fingerprint density at radius 2 is 1.95 bits per heavy atom. The Bertz CT molecular complexity index is 353. The van der Waals surface area contributed by atoms with E-state index in [9.17, 15) is 0 Å². The number of rotatable bonds is 11. The smallest absolute Gasteiger partial charge is 0.119 e. The van der Waals surface area contributed by atoms with E-state index in [0.29, 0.717) is 0 Å². The average Bonchev–Trinajstić information content (AvgIpc) is 2.44. The molecule has 0 unspecified atom stereocenters. The predicted octanol–water partition coefficient (Wildman–Crippen LogP) is 3.20. The van der Waals surface area contributed by atoms with Crippen LogP contribution in [0.25, 0.3) is 0 Å². The molecule has 0 radical (unpaired) electrons. The van der Waals surface area contributed by atoms with Crippen LogP contribution < -0.4 is 15.4 Å². The highest BCUT2D eigenvalue weighted by atomic mass is 16.5. The number of ether oxygens (including phenoxy) is 1. The van der Waals surface area contributed by atoms with Crippen molar-refractivity contribution in [3.8, 4) is 5.75 Å². The van der Waals surface area contributed by atoms with Gasteiger partial charge in [-0.25, -0.2) is 0 Å². The van der Waals surface area contributed by atoms with Crippen LogP contribution in [0.5, 0.6) is 5.75 Å². The van der Waals surface area contributed by atoms with Crippen molar-refractivity contribution in [2.75, 3.05) is 26.2 Å². The van der Waals surface area contributed by atoms with E-state index < -0.39 is 0 Å². The van der Waals surface area contributed by atoms with Crippen molar-refractivity contribution in [1.82, 2.24) is 10.6 Å². The van der Waals surface area contributed by atoms with Crippen molar-refractivity contribution in [3.63, 3.8) is 0 Å². The van der Waals surface area contributed by atoms with E-state index in [-0.39, 0.29) is 0 Å². The van der Waals surface area contributed by atoms with Crippen LogP contribution in [0.1, 0.15) is 39.2 Å². The summed E-state index contributed by atoms with van der Waals surface area (Å²) in [6, 6.07) is 8.35. The van der Waals surface area contributed by atoms with E-state index in [2.05, 4.69) is 49.6 Å². The summed E-state index contributed by atoms with van der Waals surface area (Å²) < 4.78 is 5.64. The molecule has 0 atom stereocenters. The van der Waals surface area contributed by atoms with Crippen molar-refractivity contribution < 1.29 is 4.74 Å². The Hall–Kier alpha value is -1.06. The molecule has 0 fully saturated rings. The lowest BCUT2D eigenvalue weighted by atomic mass is 10.2. The maximum atomic E-state index is 5.64. The summed E-state index contributed by atoms with van der Waals surface area (Å²) in [7, 11) is 0. The second kappa shape index (κ2) is 10.7. The van der Waals surface area contributed by atoms with Crippen molar-refractivity contribution in [3.05, 3.63) is 29.8 Å². The number of hydrogen-bond acceptors (Lipinski definition) is 3. The Labute approximate surface area is 124 Å². The number of nitrogens with one attached hydrogen (secondary N) is 2. The molecule has 3 heteroatoms. The number of hydrogen-bond donors (Lipinski definition) is 2. The molecule has 0 amide bonds. The molecule has 3 nitrogen and oxygen atoms in total. The van der Waals surface area contributed by atoms with Gasteiger partial charge in [0.15, 0.2) is 0 Å². The van der Waals surface area contributed by atoms with Gasteiger partial charge in [-0.15, -0.1) is 0 Å². The molecular formula is C17H30N2O. The van der Waals surface area contributed by atoms with Crippen LogP contribution >= 0.6 is 0 Å². The topological polar surface area (TPSA) is 33.3 Å². The summed E-state index contributed by atoms with van der Waals surface area (Å²) in [5, 5.41) is 6.93. The maximum Gasteiger partial charge on any atom is 0.119 e. The summed E-state index contributed by atoms with van der Waals surface area (Å²) in [6.45, 7) is 11.5. The van der Waals surface area contributed by atoms with Gasteiger partial charge in [-0.1, -0.05) is 32.9 Å². The summed E-state index contributed by atoms with van der Waals surface area (Å²) in [6.07, 6.45) is 2.21. The normalized spacial score (nSPS) is 11.0. The molecule has 0 heterocycles. The molecule has 1 aromatic carbocycles. The quantitative estimate of drug-likeness (QED) is 0.610. The lowest BCUT2D eigenvalue weighted by molar-refractivity contribution is 0.317. The first-order chi connectivity index (χ1) is 9.72. The van der Waals surface area contributed by atoms with Gasteiger partial charge in [0.1, 0.15) is 5.75 Å². The monoisotopic (exact) mass is 278 g/mol. The van der Waals surface area contributed by atoms with Crippen LogP contribution in [0.15, 0.2) is 24.3 Å². The second-order valence-corrected chi connectivity index (χ2v) is 5.62. The zero-order valence-electron chi connectivity index (χ0n) is 13.2. The van der Waals surface area contributed by atoms with Crippen LogP contribution in [-0.4, -0.2) is 26.2 Å². The second-order valence-electron chi connectivity index (χ2n) is 5.62. The highest BCUT2D eigenvalue weighted by Crippen LogP contribution is 2.13. The molecule has 1 aromatic rings. The Balaban J connectivity index is 2.12. The van der Waals surface area contributed by atoms with Gasteiger partial charge < -0.3 is 15.4 Å². The molecule has 0 bridgehead atoms. The van der Waals surface area contributed by atoms with Crippen LogP contribution in [0.2, 0.25) is 0 Å². The summed E-state index contributed by atoms with van der Waals surface area (Å²) in [4.78, 5) is 0. The molecule has 0 saturated carbocycles. The molecule has 0 saturated heterocycles. The SMILES string of the molecule is CCCOc1cccc(CNCCCNCC(C)C)c1. The largest absolute Gasteiger partial charge is 0.494 e. The molecular weight excluding hydrogens is 248 g/mol. The van der Waals surface area contributed by atoms with Gasteiger partial charge in [0.2, 0.25) is 0 Å². The third kappa shape index (κ3) is 8.18. The van der Waals surface area contributed by atoms with E-state index in [4.69, 9.17) is 4.74 Å². The predicted molar refractivity (Wildman–Crippen MR) is 86.3 cm³/mol. The average molecular weight is 278 g/mol. The minimum Gasteiger partial charge on any atom is -0.494 e. The molecule has 0 aliphatic rings. The van der Waals surface area contributed by atoms with Crippen LogP contribution in [0, 0.1) is 5.92 Å². The fourth-order valence-electron chi connectivity index (χ4n) is 1.93. The van der Waals surface area contributed by atoms with Gasteiger partial charge >= 0.3 is 0 Å². The van der Waals surface area contributed by atoms with E-state index in [1.165, 1.54) is 12.0 Å². The maximum absolute atomic E-state index is 5.64. The summed E-state index contributed by atoms with van der Waals surface area (Å²) >= 11 is 0. The zero-order chi connectivity index (χ0) is 14.6. The third-order valence-corrected chi connectivity index (χ3v) is 2.96. The van der Waals surface area contributed by atoms with Crippen molar-refractivity contribution in [2.24, 2.45) is 5.92 Å². The Morgan fingerprint density at radius 1 is 1.15 bits per heavy atom. The molecule has 1 rings (SSSR count). The minimum atomic E-state index is 0.730. The summed E-state index contributed by atoms with van der Waals surface area (Å²) in [5.41, 5.74) is 1.29. The first-order valence-corrected chi connectivity index (χ1v) is 7.85. The van der Waals surface area contributed by atoms with Crippen LogP contribution in [0.3, 0.4) is 0 Å². The van der Waals surface area contributed by atoms with Gasteiger partial charge in [0.25, 0.3) is 0 Å². The first kappa shape index (κ1) is 17.0. The fraction of sp³-hybridized carbons (Fsp3) is 0.647. The Morgan fingerprint density at radius 3 is 2.70 bits per heavy atom. The highest BCUT2D eigenvalue weighted by Gasteiger charge is 1.97. The van der Waals surface area contributed by atoms with Gasteiger partial charge in [-0.05, 0) is 56.1 Å². The van der Waals surface area contributed by atoms with Crippen LogP contribution in [0.4, 0.5) is 0 Å². The first-order valence-electron chi connectivity index (χ1n) is 7.85. The molecule has 0 aromatic heterocycles. The standard InChI is InChI=1S/C17H30N2O/c1-4-11-20-17-8-5-7-16(12-17)14-19-10-6-9-18-13-15(2)3/h5,7-8,12,15,18-19H,4,6,9-11,13-14H2,1-3H3. The molecule has 0 spiro atoms. The van der Waals surface area contributed by atoms with E-state index >= 15 is 0 Å². The lowest BCUT2D eigenvalue weighted by Gasteiger charge is -2.09. The van der Waals surface area contributed by atoms with Gasteiger partial charge in [0.05, 0.1) is 6.61 Å². The third-order valence-electron chi connectivity index (χ3n) is 2.96. The van der Waals surface area contributed by atoms with E-state index in [1.807, 2.05) is 6.07 Å². The molecule has 0 aliphatic heterocycles. The lowest BCUT2D eigenvalue weighted by Crippen LogP contribution is -2.24. The number of benzene rings is 1. The molecule has 0 aliphatic carbocycles. The van der Waals surface area contributed by atoms with Crippen molar-refractivity contribution >= 4 is 0 Å². The van der Waals surface area contributed by atoms with E-state index in [1.54, 1.807) is 0 Å². The molecule has 2 N–H and O–H groups in total. The van der Waals surface area contributed by atoms with Crippen molar-refractivity contribution in [1.29, 1.82) is 0 Å². The zero-order valence-corrected chi connectivity index (χ0v) is 13.2. The van der Waals surface area contributed by atoms with E-state index in [0.717, 1.165) is 50.9 Å². The van der Waals surface area contributed by atoms with Crippen molar-refractivity contribution in [2.45, 2.75) is 40.2 Å². The van der Waals surface area contributed by atoms with Gasteiger partial charge in [-0.2, -0.15) is 0 Å². The van der Waals surface area contributed by atoms with Crippen LogP contribution in [-0.2, 0) is 6.54 Å². The minimum absolute atomic E-state index is 0.730. The fourth-order valence-corrected chi connectivity index (χ4v) is 1.93. The van der Waals surface area contributed by atoms with Gasteiger partial charge in [-0.3, -0.25) is 0 Å². The molecule has 20 heavy (non-hydrogen) atoms. The molecule has 114 valence electrons. The highest BCUT2D eigenvalue weighted by molar-refractivity contribution is 5.28. The van der Waals surface area contributed by atoms with Gasteiger partial charge in [0, 0.05) is 6.54 Å². The Kier molecular flexibility index (Phi) is 9.09.